The van der Waals surface area contributed by atoms with Gasteiger partial charge in [0.1, 0.15) is 11.6 Å². The second-order valence-corrected chi connectivity index (χ2v) is 5.85. The van der Waals surface area contributed by atoms with Gasteiger partial charge < -0.3 is 15.0 Å². The standard InChI is InChI=1S/C17H20FN3O2/c18-13-5-3-4-12(10-13)15(22)11-16(23)21-9-2-1-6-14(21)17-19-7-8-20-17/h3-5,7-8,10,14-15,22H,1-2,6,9,11H2,(H,19,20). The highest BCUT2D eigenvalue weighted by atomic mass is 19.1. The van der Waals surface area contributed by atoms with Crippen LogP contribution >= 0.6 is 0 Å². The molecule has 2 unspecified atom stereocenters. The summed E-state index contributed by atoms with van der Waals surface area (Å²) in [5.41, 5.74) is 0.421. The molecule has 1 aliphatic heterocycles. The van der Waals surface area contributed by atoms with E-state index in [1.165, 1.54) is 18.2 Å². The van der Waals surface area contributed by atoms with Crippen molar-refractivity contribution in [3.8, 4) is 0 Å². The van der Waals surface area contributed by atoms with E-state index in [2.05, 4.69) is 9.97 Å². The lowest BCUT2D eigenvalue weighted by Gasteiger charge is -2.35. The van der Waals surface area contributed by atoms with E-state index in [-0.39, 0.29) is 18.4 Å². The number of amides is 1. The van der Waals surface area contributed by atoms with E-state index in [4.69, 9.17) is 0 Å². The smallest absolute Gasteiger partial charge is 0.226 e. The number of aromatic nitrogens is 2. The predicted octanol–water partition coefficient (Wildman–Crippen LogP) is 2.73. The second kappa shape index (κ2) is 6.91. The van der Waals surface area contributed by atoms with Gasteiger partial charge in [-0.3, -0.25) is 4.79 Å². The quantitative estimate of drug-likeness (QED) is 0.911. The molecule has 0 bridgehead atoms. The van der Waals surface area contributed by atoms with Gasteiger partial charge in [-0.25, -0.2) is 9.37 Å². The normalized spacial score (nSPS) is 19.6. The number of rotatable bonds is 4. The molecule has 1 fully saturated rings. The van der Waals surface area contributed by atoms with E-state index in [0.717, 1.165) is 25.1 Å². The minimum Gasteiger partial charge on any atom is -0.388 e. The first-order valence-electron chi connectivity index (χ1n) is 7.87. The Morgan fingerprint density at radius 3 is 3.09 bits per heavy atom. The number of H-pyrrole nitrogens is 1. The number of hydrogen-bond donors (Lipinski definition) is 2. The number of likely N-dealkylation sites (tertiary alicyclic amines) is 1. The maximum Gasteiger partial charge on any atom is 0.226 e. The molecule has 0 spiro atoms. The van der Waals surface area contributed by atoms with Crippen LogP contribution in [0.5, 0.6) is 0 Å². The van der Waals surface area contributed by atoms with E-state index >= 15 is 0 Å². The third-order valence-electron chi connectivity index (χ3n) is 4.26. The van der Waals surface area contributed by atoms with E-state index in [1.54, 1.807) is 23.4 Å². The van der Waals surface area contributed by atoms with Crippen molar-refractivity contribution in [2.24, 2.45) is 0 Å². The molecule has 3 rings (SSSR count). The zero-order valence-electron chi connectivity index (χ0n) is 12.8. The molecule has 2 aromatic rings. The number of aliphatic hydroxyl groups excluding tert-OH is 1. The fourth-order valence-corrected chi connectivity index (χ4v) is 3.09. The van der Waals surface area contributed by atoms with Gasteiger partial charge in [-0.15, -0.1) is 0 Å². The van der Waals surface area contributed by atoms with Gasteiger partial charge in [0.2, 0.25) is 5.91 Å². The summed E-state index contributed by atoms with van der Waals surface area (Å²) in [6, 6.07) is 5.66. The summed E-state index contributed by atoms with van der Waals surface area (Å²) in [5, 5.41) is 10.2. The van der Waals surface area contributed by atoms with Crippen LogP contribution in [0.1, 0.15) is 49.2 Å². The van der Waals surface area contributed by atoms with Gasteiger partial charge in [0.05, 0.1) is 18.6 Å². The Kier molecular flexibility index (Phi) is 4.71. The summed E-state index contributed by atoms with van der Waals surface area (Å²) >= 11 is 0. The van der Waals surface area contributed by atoms with Gasteiger partial charge in [-0.2, -0.15) is 0 Å². The third-order valence-corrected chi connectivity index (χ3v) is 4.26. The largest absolute Gasteiger partial charge is 0.388 e. The molecule has 1 saturated heterocycles. The highest BCUT2D eigenvalue weighted by Gasteiger charge is 2.30. The molecule has 6 heteroatoms. The van der Waals surface area contributed by atoms with Crippen LogP contribution < -0.4 is 0 Å². The average Bonchev–Trinajstić information content (AvgIpc) is 3.09. The van der Waals surface area contributed by atoms with E-state index < -0.39 is 11.9 Å². The first kappa shape index (κ1) is 15.7. The molecular weight excluding hydrogens is 297 g/mol. The molecule has 0 saturated carbocycles. The summed E-state index contributed by atoms with van der Waals surface area (Å²) in [5.74, 6) is 0.224. The molecular formula is C17H20FN3O2. The van der Waals surface area contributed by atoms with Crippen molar-refractivity contribution in [2.45, 2.75) is 37.8 Å². The fraction of sp³-hybridized carbons (Fsp3) is 0.412. The molecule has 0 aliphatic carbocycles. The van der Waals surface area contributed by atoms with Crippen LogP contribution in [0, 0.1) is 5.82 Å². The van der Waals surface area contributed by atoms with Crippen molar-refractivity contribution >= 4 is 5.91 Å². The highest BCUT2D eigenvalue weighted by Crippen LogP contribution is 2.30. The topological polar surface area (TPSA) is 69.2 Å². The number of piperidine rings is 1. The van der Waals surface area contributed by atoms with E-state index in [0.29, 0.717) is 12.1 Å². The summed E-state index contributed by atoms with van der Waals surface area (Å²) in [6.45, 7) is 0.653. The lowest BCUT2D eigenvalue weighted by molar-refractivity contribution is -0.137. The zero-order chi connectivity index (χ0) is 16.2. The fourth-order valence-electron chi connectivity index (χ4n) is 3.09. The van der Waals surface area contributed by atoms with Crippen LogP contribution in [-0.2, 0) is 4.79 Å². The number of aromatic amines is 1. The number of benzene rings is 1. The van der Waals surface area contributed by atoms with Gasteiger partial charge >= 0.3 is 0 Å². The van der Waals surface area contributed by atoms with Gasteiger partial charge in [0.25, 0.3) is 0 Å². The Bertz CT molecular complexity index is 660. The molecule has 122 valence electrons. The van der Waals surface area contributed by atoms with Crippen LogP contribution in [0.3, 0.4) is 0 Å². The number of imidazole rings is 1. The van der Waals surface area contributed by atoms with Crippen LogP contribution in [-0.4, -0.2) is 32.4 Å². The van der Waals surface area contributed by atoms with Gasteiger partial charge in [-0.1, -0.05) is 12.1 Å². The molecule has 5 nitrogen and oxygen atoms in total. The van der Waals surface area contributed by atoms with E-state index in [1.807, 2.05) is 0 Å². The number of nitrogens with one attached hydrogen (secondary N) is 1. The first-order chi connectivity index (χ1) is 11.1. The summed E-state index contributed by atoms with van der Waals surface area (Å²) in [6.07, 6.45) is 5.20. The molecule has 2 N–H and O–H groups in total. The second-order valence-electron chi connectivity index (χ2n) is 5.85. The number of hydrogen-bond acceptors (Lipinski definition) is 3. The Hall–Kier alpha value is -2.21. The number of aliphatic hydroxyl groups is 1. The first-order valence-corrected chi connectivity index (χ1v) is 7.87. The highest BCUT2D eigenvalue weighted by molar-refractivity contribution is 5.77. The predicted molar refractivity (Wildman–Crippen MR) is 82.9 cm³/mol. The maximum absolute atomic E-state index is 13.2. The van der Waals surface area contributed by atoms with Crippen molar-refractivity contribution in [1.82, 2.24) is 14.9 Å². The van der Waals surface area contributed by atoms with Crippen LogP contribution in [0.15, 0.2) is 36.7 Å². The van der Waals surface area contributed by atoms with Crippen LogP contribution in [0.2, 0.25) is 0 Å². The Labute approximate surface area is 134 Å². The van der Waals surface area contributed by atoms with Crippen molar-refractivity contribution in [1.29, 1.82) is 0 Å². The third kappa shape index (κ3) is 3.59. The Balaban J connectivity index is 1.71. The number of nitrogens with zero attached hydrogens (tertiary/aromatic N) is 2. The summed E-state index contributed by atoms with van der Waals surface area (Å²) in [4.78, 5) is 21.7. The van der Waals surface area contributed by atoms with E-state index in [9.17, 15) is 14.3 Å². The Morgan fingerprint density at radius 2 is 2.35 bits per heavy atom. The molecule has 1 aliphatic rings. The van der Waals surface area contributed by atoms with Crippen molar-refractivity contribution in [3.05, 3.63) is 53.9 Å². The van der Waals surface area contributed by atoms with Crippen LogP contribution in [0.25, 0.3) is 0 Å². The monoisotopic (exact) mass is 317 g/mol. The molecule has 1 aromatic carbocycles. The number of halogens is 1. The molecule has 23 heavy (non-hydrogen) atoms. The lowest BCUT2D eigenvalue weighted by atomic mass is 9.99. The molecule has 1 amide bonds. The van der Waals surface area contributed by atoms with Gasteiger partial charge in [0, 0.05) is 18.9 Å². The molecule has 1 aromatic heterocycles. The Morgan fingerprint density at radius 1 is 1.48 bits per heavy atom. The summed E-state index contributed by atoms with van der Waals surface area (Å²) < 4.78 is 13.2. The average molecular weight is 317 g/mol. The zero-order valence-corrected chi connectivity index (χ0v) is 12.8. The molecule has 2 atom stereocenters. The SMILES string of the molecule is O=C(CC(O)c1cccc(F)c1)N1CCCCC1c1ncc[nH]1. The van der Waals surface area contributed by atoms with Crippen molar-refractivity contribution < 1.29 is 14.3 Å². The lowest BCUT2D eigenvalue weighted by Crippen LogP contribution is -2.39. The van der Waals surface area contributed by atoms with Crippen molar-refractivity contribution in [2.75, 3.05) is 6.54 Å². The maximum atomic E-state index is 13.2. The molecule has 2 heterocycles. The number of carbonyl (C=O) groups excluding carboxylic acids is 1. The van der Waals surface area contributed by atoms with Crippen molar-refractivity contribution in [3.63, 3.8) is 0 Å². The van der Waals surface area contributed by atoms with Gasteiger partial charge in [0.15, 0.2) is 0 Å². The van der Waals surface area contributed by atoms with Gasteiger partial charge in [-0.05, 0) is 37.0 Å². The minimum atomic E-state index is -1.00. The van der Waals surface area contributed by atoms with Crippen LogP contribution in [0.4, 0.5) is 4.39 Å². The number of carbonyl (C=O) groups is 1. The minimum absolute atomic E-state index is 0.0549. The summed E-state index contributed by atoms with van der Waals surface area (Å²) in [7, 11) is 0. The molecule has 0 radical (unpaired) electrons.